The first-order valence-electron chi connectivity index (χ1n) is 9.96. The summed E-state index contributed by atoms with van der Waals surface area (Å²) in [6.45, 7) is 5.44. The fourth-order valence-corrected chi connectivity index (χ4v) is 5.51. The Morgan fingerprint density at radius 3 is 2.55 bits per heavy atom. The molecule has 8 heteroatoms. The predicted octanol–water partition coefficient (Wildman–Crippen LogP) is 0.844. The zero-order chi connectivity index (χ0) is 21.2. The summed E-state index contributed by atoms with van der Waals surface area (Å²) in [5.74, 6) is -0.474. The van der Waals surface area contributed by atoms with Gasteiger partial charge in [0.1, 0.15) is 17.5 Å². The normalized spacial score (nSPS) is 24.8. The molecule has 0 aromatic heterocycles. The van der Waals surface area contributed by atoms with Crippen molar-refractivity contribution >= 4 is 29.5 Å². The average Bonchev–Trinajstić information content (AvgIpc) is 2.92. The number of benzene rings is 1. The number of carbonyl (C=O) groups is 3. The number of rotatable bonds is 8. The summed E-state index contributed by atoms with van der Waals surface area (Å²) in [6.07, 6.45) is 1.09. The lowest BCUT2D eigenvalue weighted by Gasteiger charge is -2.44. The van der Waals surface area contributed by atoms with Crippen molar-refractivity contribution in [2.75, 3.05) is 27.2 Å². The van der Waals surface area contributed by atoms with E-state index in [0.29, 0.717) is 6.54 Å². The smallest absolute Gasteiger partial charge is 0.249 e. The maximum absolute atomic E-state index is 12.8. The minimum absolute atomic E-state index is 0.119. The molecule has 2 aliphatic heterocycles. The van der Waals surface area contributed by atoms with Gasteiger partial charge in [-0.25, -0.2) is 0 Å². The SMILES string of the molecule is CN(C)CCCNC(=O)[C@@H]1N2C(=O)[C@@H](NC(=O)Cc3ccccc3)[C@H]2SC1(C)C. The van der Waals surface area contributed by atoms with Crippen LogP contribution < -0.4 is 10.6 Å². The van der Waals surface area contributed by atoms with Crippen molar-refractivity contribution < 1.29 is 14.4 Å². The van der Waals surface area contributed by atoms with Crippen molar-refractivity contribution in [3.63, 3.8) is 0 Å². The Kier molecular flexibility index (Phi) is 6.53. The van der Waals surface area contributed by atoms with E-state index in [1.54, 1.807) is 16.7 Å². The van der Waals surface area contributed by atoms with Crippen LogP contribution in [0.1, 0.15) is 25.8 Å². The molecule has 2 saturated heterocycles. The van der Waals surface area contributed by atoms with E-state index in [1.807, 2.05) is 58.3 Å². The van der Waals surface area contributed by atoms with E-state index >= 15 is 0 Å². The average molecular weight is 419 g/mol. The second kappa shape index (κ2) is 8.75. The van der Waals surface area contributed by atoms with Crippen LogP contribution in [-0.4, -0.2) is 76.9 Å². The molecule has 2 heterocycles. The van der Waals surface area contributed by atoms with Crippen LogP contribution in [0.15, 0.2) is 30.3 Å². The van der Waals surface area contributed by atoms with Gasteiger partial charge in [0.25, 0.3) is 0 Å². The van der Waals surface area contributed by atoms with Gasteiger partial charge in [-0.1, -0.05) is 30.3 Å². The molecule has 29 heavy (non-hydrogen) atoms. The van der Waals surface area contributed by atoms with E-state index in [1.165, 1.54) is 0 Å². The van der Waals surface area contributed by atoms with Crippen molar-refractivity contribution in [2.24, 2.45) is 0 Å². The maximum Gasteiger partial charge on any atom is 0.249 e. The number of hydrogen-bond acceptors (Lipinski definition) is 5. The highest BCUT2D eigenvalue weighted by Crippen LogP contribution is 2.50. The van der Waals surface area contributed by atoms with Crippen molar-refractivity contribution in [1.29, 1.82) is 0 Å². The largest absolute Gasteiger partial charge is 0.354 e. The number of thioether (sulfide) groups is 1. The summed E-state index contributed by atoms with van der Waals surface area (Å²) < 4.78 is -0.412. The van der Waals surface area contributed by atoms with Crippen LogP contribution in [0.2, 0.25) is 0 Å². The summed E-state index contributed by atoms with van der Waals surface area (Å²) in [4.78, 5) is 41.6. The second-order valence-electron chi connectivity index (χ2n) is 8.42. The lowest BCUT2D eigenvalue weighted by Crippen LogP contribution is -2.71. The Morgan fingerprint density at radius 1 is 1.21 bits per heavy atom. The molecule has 2 aliphatic rings. The molecule has 3 amide bonds. The third-order valence-electron chi connectivity index (χ3n) is 5.29. The molecule has 3 atom stereocenters. The molecular formula is C21H30N4O3S. The summed E-state index contributed by atoms with van der Waals surface area (Å²) in [6, 6.07) is 8.36. The van der Waals surface area contributed by atoms with Gasteiger partial charge < -0.3 is 20.4 Å². The Labute approximate surface area is 176 Å². The third-order valence-corrected chi connectivity index (χ3v) is 6.87. The second-order valence-corrected chi connectivity index (χ2v) is 10.2. The number of nitrogens with one attached hydrogen (secondary N) is 2. The van der Waals surface area contributed by atoms with E-state index in [9.17, 15) is 14.4 Å². The highest BCUT2D eigenvalue weighted by atomic mass is 32.2. The van der Waals surface area contributed by atoms with Crippen LogP contribution >= 0.6 is 11.8 Å². The topological polar surface area (TPSA) is 81.8 Å². The fraction of sp³-hybridized carbons (Fsp3) is 0.571. The zero-order valence-electron chi connectivity index (χ0n) is 17.5. The van der Waals surface area contributed by atoms with Crippen molar-refractivity contribution in [3.8, 4) is 0 Å². The number of amides is 3. The van der Waals surface area contributed by atoms with Gasteiger partial charge in [-0.2, -0.15) is 0 Å². The van der Waals surface area contributed by atoms with E-state index in [2.05, 4.69) is 15.5 Å². The lowest BCUT2D eigenvalue weighted by molar-refractivity contribution is -0.155. The molecule has 0 spiro atoms. The molecule has 7 nitrogen and oxygen atoms in total. The Bertz CT molecular complexity index is 768. The molecule has 2 N–H and O–H groups in total. The van der Waals surface area contributed by atoms with Gasteiger partial charge in [0.05, 0.1) is 6.42 Å². The van der Waals surface area contributed by atoms with Crippen LogP contribution in [0.5, 0.6) is 0 Å². The van der Waals surface area contributed by atoms with Gasteiger partial charge in [0.15, 0.2) is 0 Å². The highest BCUT2D eigenvalue weighted by Gasteiger charge is 2.63. The molecule has 2 fully saturated rings. The third kappa shape index (κ3) is 4.75. The molecule has 3 rings (SSSR count). The first-order valence-corrected chi connectivity index (χ1v) is 10.8. The molecule has 0 unspecified atom stereocenters. The summed E-state index contributed by atoms with van der Waals surface area (Å²) in [5, 5.41) is 5.63. The maximum atomic E-state index is 12.8. The monoisotopic (exact) mass is 418 g/mol. The minimum Gasteiger partial charge on any atom is -0.354 e. The van der Waals surface area contributed by atoms with E-state index in [4.69, 9.17) is 0 Å². The molecule has 1 aromatic rings. The predicted molar refractivity (Wildman–Crippen MR) is 114 cm³/mol. The summed E-state index contributed by atoms with van der Waals surface area (Å²) in [7, 11) is 3.99. The summed E-state index contributed by atoms with van der Waals surface area (Å²) in [5.41, 5.74) is 0.906. The number of β-lactam (4-membered cyclic amide) rings is 1. The van der Waals surface area contributed by atoms with Crippen molar-refractivity contribution in [3.05, 3.63) is 35.9 Å². The minimum atomic E-state index is -0.568. The van der Waals surface area contributed by atoms with Crippen LogP contribution in [0.3, 0.4) is 0 Å². The molecular weight excluding hydrogens is 388 g/mol. The van der Waals surface area contributed by atoms with Gasteiger partial charge in [0, 0.05) is 11.3 Å². The molecule has 0 bridgehead atoms. The van der Waals surface area contributed by atoms with Crippen LogP contribution in [0, 0.1) is 0 Å². The first-order chi connectivity index (χ1) is 13.7. The van der Waals surface area contributed by atoms with Gasteiger partial charge in [0.2, 0.25) is 17.7 Å². The van der Waals surface area contributed by atoms with Gasteiger partial charge in [-0.3, -0.25) is 14.4 Å². The zero-order valence-corrected chi connectivity index (χ0v) is 18.3. The van der Waals surface area contributed by atoms with Crippen LogP contribution in [-0.2, 0) is 20.8 Å². The quantitative estimate of drug-likeness (QED) is 0.483. The van der Waals surface area contributed by atoms with Crippen LogP contribution in [0.4, 0.5) is 0 Å². The van der Waals surface area contributed by atoms with E-state index < -0.39 is 16.8 Å². The standard InChI is InChI=1S/C21H30N4O3S/c1-21(2)17(18(27)22-11-8-12-24(3)4)25-19(28)16(20(25)29-21)23-15(26)13-14-9-6-5-7-10-14/h5-7,9-10,16-17,20H,8,11-13H2,1-4H3,(H,22,27)(H,23,26)/t16-,17+,20-/m1/s1. The van der Waals surface area contributed by atoms with Crippen LogP contribution in [0.25, 0.3) is 0 Å². The number of nitrogens with zero attached hydrogens (tertiary/aromatic N) is 2. The lowest BCUT2D eigenvalue weighted by atomic mass is 9.95. The fourth-order valence-electron chi connectivity index (χ4n) is 3.88. The van der Waals surface area contributed by atoms with Crippen molar-refractivity contribution in [1.82, 2.24) is 20.4 Å². The highest BCUT2D eigenvalue weighted by molar-refractivity contribution is 8.01. The summed E-state index contributed by atoms with van der Waals surface area (Å²) >= 11 is 1.58. The number of hydrogen-bond donors (Lipinski definition) is 2. The Balaban J connectivity index is 1.57. The number of fused-ring (bicyclic) bond motifs is 1. The van der Waals surface area contributed by atoms with Crippen molar-refractivity contribution in [2.45, 2.75) is 48.9 Å². The van der Waals surface area contributed by atoms with Gasteiger partial charge >= 0.3 is 0 Å². The van der Waals surface area contributed by atoms with Gasteiger partial charge in [-0.15, -0.1) is 11.8 Å². The molecule has 0 saturated carbocycles. The Morgan fingerprint density at radius 2 is 1.90 bits per heavy atom. The molecule has 0 aliphatic carbocycles. The van der Waals surface area contributed by atoms with E-state index in [0.717, 1.165) is 18.5 Å². The van der Waals surface area contributed by atoms with Gasteiger partial charge in [-0.05, 0) is 46.5 Å². The number of carbonyl (C=O) groups excluding carboxylic acids is 3. The molecule has 0 radical (unpaired) electrons. The van der Waals surface area contributed by atoms with E-state index in [-0.39, 0.29) is 29.5 Å². The Hall–Kier alpha value is -2.06. The first kappa shape index (κ1) is 21.6. The molecule has 158 valence electrons. The molecule has 1 aromatic carbocycles.